The average Bonchev–Trinajstić information content (AvgIpc) is 2.27. The van der Waals surface area contributed by atoms with E-state index in [1.54, 1.807) is 12.1 Å². The van der Waals surface area contributed by atoms with E-state index >= 15 is 0 Å². The molecule has 4 nitrogen and oxygen atoms in total. The monoisotopic (exact) mass is 223 g/mol. The summed E-state index contributed by atoms with van der Waals surface area (Å²) in [7, 11) is 0. The molecule has 4 heteroatoms. The molecule has 0 aromatic heterocycles. The van der Waals surface area contributed by atoms with Crippen LogP contribution in [0, 0.1) is 6.92 Å². The molecule has 0 spiro atoms. The van der Waals surface area contributed by atoms with E-state index in [-0.39, 0.29) is 6.61 Å². The van der Waals surface area contributed by atoms with Crippen molar-refractivity contribution in [2.24, 2.45) is 0 Å². The molecule has 0 saturated carbocycles. The third-order valence-corrected chi connectivity index (χ3v) is 2.21. The van der Waals surface area contributed by atoms with Gasteiger partial charge in [-0.3, -0.25) is 0 Å². The molecule has 16 heavy (non-hydrogen) atoms. The molecule has 0 radical (unpaired) electrons. The lowest BCUT2D eigenvalue weighted by molar-refractivity contribution is 0.0494. The maximum atomic E-state index is 11.6. The summed E-state index contributed by atoms with van der Waals surface area (Å²) in [6.45, 7) is 2.32. The maximum absolute atomic E-state index is 11.6. The standard InChI is InChI=1S/C12H17NO3/c1-9-4-5-11(13)10(8-9)12(15)16-7-3-2-6-14/h4-5,8,14H,2-3,6-7,13H2,1H3. The largest absolute Gasteiger partial charge is 0.462 e. The molecule has 1 aromatic rings. The second-order valence-corrected chi connectivity index (χ2v) is 3.66. The van der Waals surface area contributed by atoms with E-state index in [9.17, 15) is 4.79 Å². The molecule has 0 heterocycles. The van der Waals surface area contributed by atoms with Crippen molar-refractivity contribution in [2.45, 2.75) is 19.8 Å². The zero-order valence-electron chi connectivity index (χ0n) is 9.40. The number of esters is 1. The van der Waals surface area contributed by atoms with E-state index in [0.29, 0.717) is 30.7 Å². The molecule has 1 aromatic carbocycles. The first-order valence-electron chi connectivity index (χ1n) is 5.29. The van der Waals surface area contributed by atoms with Gasteiger partial charge in [0.1, 0.15) is 0 Å². The zero-order chi connectivity index (χ0) is 12.0. The van der Waals surface area contributed by atoms with Gasteiger partial charge in [-0.2, -0.15) is 0 Å². The van der Waals surface area contributed by atoms with Crippen LogP contribution in [0.2, 0.25) is 0 Å². The quantitative estimate of drug-likeness (QED) is 0.451. The fourth-order valence-electron chi connectivity index (χ4n) is 1.30. The summed E-state index contributed by atoms with van der Waals surface area (Å²) in [5.74, 6) is -0.404. The SMILES string of the molecule is Cc1ccc(N)c(C(=O)OCCCCO)c1. The number of ether oxygens (including phenoxy) is 1. The number of aliphatic hydroxyl groups excluding tert-OH is 1. The fraction of sp³-hybridized carbons (Fsp3) is 0.417. The summed E-state index contributed by atoms with van der Waals surface area (Å²) in [4.78, 5) is 11.6. The lowest BCUT2D eigenvalue weighted by atomic mass is 10.1. The van der Waals surface area contributed by atoms with Crippen LogP contribution in [0.15, 0.2) is 18.2 Å². The Balaban J connectivity index is 2.55. The molecule has 0 bridgehead atoms. The fourth-order valence-corrected chi connectivity index (χ4v) is 1.30. The van der Waals surface area contributed by atoms with Gasteiger partial charge in [0.25, 0.3) is 0 Å². The molecule has 1 rings (SSSR count). The van der Waals surface area contributed by atoms with Crippen LogP contribution in [0.25, 0.3) is 0 Å². The highest BCUT2D eigenvalue weighted by Crippen LogP contribution is 2.14. The molecule has 3 N–H and O–H groups in total. The summed E-state index contributed by atoms with van der Waals surface area (Å²) in [6.07, 6.45) is 1.30. The van der Waals surface area contributed by atoms with Crippen molar-refractivity contribution in [3.8, 4) is 0 Å². The Morgan fingerprint density at radius 3 is 2.88 bits per heavy atom. The van der Waals surface area contributed by atoms with E-state index in [0.717, 1.165) is 5.56 Å². The van der Waals surface area contributed by atoms with Crippen molar-refractivity contribution >= 4 is 11.7 Å². The van der Waals surface area contributed by atoms with E-state index in [4.69, 9.17) is 15.6 Å². The van der Waals surface area contributed by atoms with Gasteiger partial charge in [-0.25, -0.2) is 4.79 Å². The molecule has 0 unspecified atom stereocenters. The third kappa shape index (κ3) is 3.55. The second-order valence-electron chi connectivity index (χ2n) is 3.66. The molecule has 0 fully saturated rings. The van der Waals surface area contributed by atoms with Crippen LogP contribution in [-0.2, 0) is 4.74 Å². The number of rotatable bonds is 5. The van der Waals surface area contributed by atoms with Crippen LogP contribution in [0.1, 0.15) is 28.8 Å². The van der Waals surface area contributed by atoms with E-state index < -0.39 is 5.97 Å². The normalized spacial score (nSPS) is 10.1. The first kappa shape index (κ1) is 12.5. The van der Waals surface area contributed by atoms with Gasteiger partial charge < -0.3 is 15.6 Å². The molecule has 0 saturated heterocycles. The predicted molar refractivity (Wildman–Crippen MR) is 62.2 cm³/mol. The highest BCUT2D eigenvalue weighted by molar-refractivity contribution is 5.95. The third-order valence-electron chi connectivity index (χ3n) is 2.21. The summed E-state index contributed by atoms with van der Waals surface area (Å²) in [5.41, 5.74) is 7.48. The first-order chi connectivity index (χ1) is 7.65. The summed E-state index contributed by atoms with van der Waals surface area (Å²) in [6, 6.07) is 5.25. The van der Waals surface area contributed by atoms with Gasteiger partial charge in [0.05, 0.1) is 12.2 Å². The minimum absolute atomic E-state index is 0.115. The number of aryl methyl sites for hydroxylation is 1. The number of nitrogen functional groups attached to an aromatic ring is 1. The lowest BCUT2D eigenvalue weighted by Gasteiger charge is -2.07. The van der Waals surface area contributed by atoms with Crippen LogP contribution in [-0.4, -0.2) is 24.3 Å². The van der Waals surface area contributed by atoms with E-state index in [1.807, 2.05) is 13.0 Å². The summed E-state index contributed by atoms with van der Waals surface area (Å²) < 4.78 is 5.04. The molecule has 0 amide bonds. The Morgan fingerprint density at radius 1 is 1.44 bits per heavy atom. The van der Waals surface area contributed by atoms with Crippen molar-refractivity contribution in [3.63, 3.8) is 0 Å². The molecule has 0 aliphatic heterocycles. The van der Waals surface area contributed by atoms with Crippen LogP contribution in [0.5, 0.6) is 0 Å². The van der Waals surface area contributed by atoms with Gasteiger partial charge in [-0.05, 0) is 31.9 Å². The topological polar surface area (TPSA) is 72.6 Å². The Kier molecular flexibility index (Phi) is 4.79. The number of hydrogen-bond donors (Lipinski definition) is 2. The van der Waals surface area contributed by atoms with Crippen LogP contribution in [0.3, 0.4) is 0 Å². The Bertz CT molecular complexity index is 363. The molecule has 0 atom stereocenters. The van der Waals surface area contributed by atoms with Gasteiger partial charge in [0.15, 0.2) is 0 Å². The van der Waals surface area contributed by atoms with Gasteiger partial charge >= 0.3 is 5.97 Å². The number of carbonyl (C=O) groups excluding carboxylic acids is 1. The summed E-state index contributed by atoms with van der Waals surface area (Å²) >= 11 is 0. The van der Waals surface area contributed by atoms with E-state index in [1.165, 1.54) is 0 Å². The van der Waals surface area contributed by atoms with Crippen molar-refractivity contribution in [1.29, 1.82) is 0 Å². The second kappa shape index (κ2) is 6.12. The number of unbranched alkanes of at least 4 members (excludes halogenated alkanes) is 1. The molecular formula is C12H17NO3. The summed E-state index contributed by atoms with van der Waals surface area (Å²) in [5, 5.41) is 8.57. The number of carbonyl (C=O) groups is 1. The molecular weight excluding hydrogens is 206 g/mol. The Hall–Kier alpha value is -1.55. The number of nitrogens with two attached hydrogens (primary N) is 1. The van der Waals surface area contributed by atoms with Crippen LogP contribution >= 0.6 is 0 Å². The van der Waals surface area contributed by atoms with Crippen molar-refractivity contribution in [2.75, 3.05) is 18.9 Å². The van der Waals surface area contributed by atoms with Crippen molar-refractivity contribution < 1.29 is 14.6 Å². The van der Waals surface area contributed by atoms with Crippen molar-refractivity contribution in [3.05, 3.63) is 29.3 Å². The highest BCUT2D eigenvalue weighted by Gasteiger charge is 2.10. The minimum Gasteiger partial charge on any atom is -0.462 e. The van der Waals surface area contributed by atoms with Gasteiger partial charge in [-0.1, -0.05) is 11.6 Å². The van der Waals surface area contributed by atoms with Gasteiger partial charge in [0, 0.05) is 12.3 Å². The van der Waals surface area contributed by atoms with Crippen molar-refractivity contribution in [1.82, 2.24) is 0 Å². The average molecular weight is 223 g/mol. The Labute approximate surface area is 95.0 Å². The smallest absolute Gasteiger partial charge is 0.340 e. The van der Waals surface area contributed by atoms with Gasteiger partial charge in [0.2, 0.25) is 0 Å². The molecule has 88 valence electrons. The van der Waals surface area contributed by atoms with Gasteiger partial charge in [-0.15, -0.1) is 0 Å². The highest BCUT2D eigenvalue weighted by atomic mass is 16.5. The number of anilines is 1. The number of aliphatic hydroxyl groups is 1. The number of hydrogen-bond acceptors (Lipinski definition) is 4. The Morgan fingerprint density at radius 2 is 2.19 bits per heavy atom. The van der Waals surface area contributed by atoms with Crippen LogP contribution < -0.4 is 5.73 Å². The van der Waals surface area contributed by atoms with Crippen LogP contribution in [0.4, 0.5) is 5.69 Å². The molecule has 0 aliphatic rings. The molecule has 0 aliphatic carbocycles. The number of benzene rings is 1. The maximum Gasteiger partial charge on any atom is 0.340 e. The first-order valence-corrected chi connectivity index (χ1v) is 5.29. The van der Waals surface area contributed by atoms with E-state index in [2.05, 4.69) is 0 Å². The predicted octanol–water partition coefficient (Wildman–Crippen LogP) is 1.51. The lowest BCUT2D eigenvalue weighted by Crippen LogP contribution is -2.09. The minimum atomic E-state index is -0.404. The zero-order valence-corrected chi connectivity index (χ0v) is 9.40.